The van der Waals surface area contributed by atoms with E-state index in [1.165, 1.54) is 0 Å². The molecule has 1 aromatic carbocycles. The maximum absolute atomic E-state index is 11.9. The van der Waals surface area contributed by atoms with Crippen molar-refractivity contribution in [3.05, 3.63) is 36.0 Å². The quantitative estimate of drug-likeness (QED) is 0.758. The van der Waals surface area contributed by atoms with Crippen LogP contribution in [0.4, 0.5) is 0 Å². The van der Waals surface area contributed by atoms with Crippen LogP contribution >= 0.6 is 0 Å². The minimum absolute atomic E-state index is 0.00546. The minimum Gasteiger partial charge on any atom is -0.360 e. The molecule has 1 amide bonds. The fourth-order valence-corrected chi connectivity index (χ4v) is 1.73. The topological polar surface area (TPSA) is 44.9 Å². The van der Waals surface area contributed by atoms with Crippen molar-refractivity contribution in [2.45, 2.75) is 19.8 Å². The van der Waals surface area contributed by atoms with Crippen molar-refractivity contribution >= 4 is 16.8 Å². The summed E-state index contributed by atoms with van der Waals surface area (Å²) in [5, 5.41) is 3.90. The fourth-order valence-electron chi connectivity index (χ4n) is 1.73. The zero-order valence-electron chi connectivity index (χ0n) is 9.42. The van der Waals surface area contributed by atoms with E-state index < -0.39 is 0 Å². The first-order valence-electron chi connectivity index (χ1n) is 5.67. The Morgan fingerprint density at radius 1 is 1.38 bits per heavy atom. The lowest BCUT2D eigenvalue weighted by atomic mass is 10.1. The summed E-state index contributed by atoms with van der Waals surface area (Å²) in [7, 11) is 0. The Morgan fingerprint density at radius 3 is 3.00 bits per heavy atom. The highest BCUT2D eigenvalue weighted by Gasteiger charge is 2.10. The zero-order chi connectivity index (χ0) is 11.4. The van der Waals surface area contributed by atoms with Crippen molar-refractivity contribution in [3.8, 4) is 0 Å². The van der Waals surface area contributed by atoms with Gasteiger partial charge in [0.05, 0.1) is 5.56 Å². The number of aromatic nitrogens is 1. The second kappa shape index (κ2) is 4.84. The van der Waals surface area contributed by atoms with Crippen LogP contribution in [0.3, 0.4) is 0 Å². The second-order valence-corrected chi connectivity index (χ2v) is 3.86. The van der Waals surface area contributed by atoms with E-state index in [0.29, 0.717) is 0 Å². The number of aromatic amines is 1. The molecule has 0 unspecified atom stereocenters. The summed E-state index contributed by atoms with van der Waals surface area (Å²) in [5.74, 6) is 0.00546. The highest BCUT2D eigenvalue weighted by molar-refractivity contribution is 6.06. The molecule has 1 heterocycles. The first-order valence-corrected chi connectivity index (χ1v) is 5.67. The molecule has 0 aliphatic heterocycles. The second-order valence-electron chi connectivity index (χ2n) is 3.86. The molecule has 3 nitrogen and oxygen atoms in total. The van der Waals surface area contributed by atoms with Crippen LogP contribution in [-0.2, 0) is 0 Å². The van der Waals surface area contributed by atoms with Gasteiger partial charge in [0.2, 0.25) is 0 Å². The van der Waals surface area contributed by atoms with E-state index in [9.17, 15) is 4.79 Å². The molecule has 0 saturated carbocycles. The molecule has 0 aliphatic rings. The third-order valence-electron chi connectivity index (χ3n) is 2.65. The molecule has 3 heteroatoms. The molecule has 0 atom stereocenters. The van der Waals surface area contributed by atoms with Gasteiger partial charge in [0.1, 0.15) is 0 Å². The number of carbonyl (C=O) groups excluding carboxylic acids is 1. The van der Waals surface area contributed by atoms with Crippen molar-refractivity contribution in [2.24, 2.45) is 0 Å². The molecule has 2 N–H and O–H groups in total. The van der Waals surface area contributed by atoms with Crippen molar-refractivity contribution in [2.75, 3.05) is 6.54 Å². The molecule has 0 bridgehead atoms. The van der Waals surface area contributed by atoms with E-state index >= 15 is 0 Å². The number of benzene rings is 1. The van der Waals surface area contributed by atoms with Crippen LogP contribution < -0.4 is 5.32 Å². The van der Waals surface area contributed by atoms with Gasteiger partial charge in [-0.1, -0.05) is 31.5 Å². The highest BCUT2D eigenvalue weighted by Crippen LogP contribution is 2.17. The predicted molar refractivity (Wildman–Crippen MR) is 65.5 cm³/mol. The number of fused-ring (bicyclic) bond motifs is 1. The van der Waals surface area contributed by atoms with Crippen LogP contribution in [0.25, 0.3) is 10.9 Å². The number of carbonyl (C=O) groups is 1. The predicted octanol–water partition coefficient (Wildman–Crippen LogP) is 2.70. The van der Waals surface area contributed by atoms with E-state index in [4.69, 9.17) is 0 Å². The first kappa shape index (κ1) is 10.7. The number of unbranched alkanes of at least 4 members (excludes halogenated alkanes) is 1. The summed E-state index contributed by atoms with van der Waals surface area (Å²) < 4.78 is 0. The first-order chi connectivity index (χ1) is 7.83. The Balaban J connectivity index is 2.17. The van der Waals surface area contributed by atoms with E-state index in [1.807, 2.05) is 24.3 Å². The van der Waals surface area contributed by atoms with Gasteiger partial charge in [0.25, 0.3) is 5.91 Å². The van der Waals surface area contributed by atoms with Crippen molar-refractivity contribution in [3.63, 3.8) is 0 Å². The standard InChI is InChI=1S/C13H16N2O/c1-2-3-8-14-13(16)11-9-15-12-7-5-4-6-10(11)12/h4-7,9,15H,2-3,8H2,1H3,(H,14,16). The maximum atomic E-state index is 11.9. The molecular formula is C13H16N2O. The van der Waals surface area contributed by atoms with E-state index in [0.717, 1.165) is 35.9 Å². The number of H-pyrrole nitrogens is 1. The summed E-state index contributed by atoms with van der Waals surface area (Å²) in [4.78, 5) is 15.0. The lowest BCUT2D eigenvalue weighted by Gasteiger charge is -2.02. The summed E-state index contributed by atoms with van der Waals surface area (Å²) >= 11 is 0. The largest absolute Gasteiger partial charge is 0.360 e. The van der Waals surface area contributed by atoms with E-state index in [-0.39, 0.29) is 5.91 Å². The van der Waals surface area contributed by atoms with E-state index in [1.54, 1.807) is 6.20 Å². The molecule has 0 spiro atoms. The smallest absolute Gasteiger partial charge is 0.253 e. The summed E-state index contributed by atoms with van der Waals surface area (Å²) in [6, 6.07) is 7.83. The van der Waals surface area contributed by atoms with Gasteiger partial charge in [-0.15, -0.1) is 0 Å². The zero-order valence-corrected chi connectivity index (χ0v) is 9.42. The summed E-state index contributed by atoms with van der Waals surface area (Å²) in [6.45, 7) is 2.85. The number of nitrogens with one attached hydrogen (secondary N) is 2. The van der Waals surface area contributed by atoms with Gasteiger partial charge in [-0.25, -0.2) is 0 Å². The van der Waals surface area contributed by atoms with Crippen molar-refractivity contribution in [1.82, 2.24) is 10.3 Å². The van der Waals surface area contributed by atoms with Crippen LogP contribution in [-0.4, -0.2) is 17.4 Å². The lowest BCUT2D eigenvalue weighted by molar-refractivity contribution is 0.0955. The highest BCUT2D eigenvalue weighted by atomic mass is 16.1. The Kier molecular flexibility index (Phi) is 3.25. The maximum Gasteiger partial charge on any atom is 0.253 e. The van der Waals surface area contributed by atoms with E-state index in [2.05, 4.69) is 17.2 Å². The summed E-state index contributed by atoms with van der Waals surface area (Å²) in [5.41, 5.74) is 1.73. The van der Waals surface area contributed by atoms with Gasteiger partial charge in [0.15, 0.2) is 0 Å². The monoisotopic (exact) mass is 216 g/mol. The normalized spacial score (nSPS) is 10.6. The molecule has 16 heavy (non-hydrogen) atoms. The van der Waals surface area contributed by atoms with Gasteiger partial charge in [-0.2, -0.15) is 0 Å². The van der Waals surface area contributed by atoms with Crippen LogP contribution in [0.5, 0.6) is 0 Å². The van der Waals surface area contributed by atoms with Gasteiger partial charge in [-0.05, 0) is 12.5 Å². The van der Waals surface area contributed by atoms with Gasteiger partial charge in [0, 0.05) is 23.6 Å². The number of para-hydroxylation sites is 1. The van der Waals surface area contributed by atoms with Crippen LogP contribution in [0.15, 0.2) is 30.5 Å². The fraction of sp³-hybridized carbons (Fsp3) is 0.308. The minimum atomic E-state index is 0.00546. The number of hydrogen-bond acceptors (Lipinski definition) is 1. The average molecular weight is 216 g/mol. The molecule has 1 aromatic heterocycles. The molecule has 84 valence electrons. The van der Waals surface area contributed by atoms with Crippen LogP contribution in [0.1, 0.15) is 30.1 Å². The Bertz CT molecular complexity index is 487. The number of rotatable bonds is 4. The molecule has 2 aromatic rings. The third-order valence-corrected chi connectivity index (χ3v) is 2.65. The molecular weight excluding hydrogens is 200 g/mol. The Morgan fingerprint density at radius 2 is 2.19 bits per heavy atom. The number of hydrogen-bond donors (Lipinski definition) is 2. The van der Waals surface area contributed by atoms with Crippen molar-refractivity contribution < 1.29 is 4.79 Å². The average Bonchev–Trinajstić information content (AvgIpc) is 2.73. The Hall–Kier alpha value is -1.77. The molecule has 2 rings (SSSR count). The van der Waals surface area contributed by atoms with Crippen LogP contribution in [0, 0.1) is 0 Å². The number of amides is 1. The summed E-state index contributed by atoms with van der Waals surface area (Å²) in [6.07, 6.45) is 3.88. The van der Waals surface area contributed by atoms with Gasteiger partial charge < -0.3 is 10.3 Å². The van der Waals surface area contributed by atoms with Gasteiger partial charge >= 0.3 is 0 Å². The van der Waals surface area contributed by atoms with Gasteiger partial charge in [-0.3, -0.25) is 4.79 Å². The molecule has 0 fully saturated rings. The van der Waals surface area contributed by atoms with Crippen LogP contribution in [0.2, 0.25) is 0 Å². The Labute approximate surface area is 94.9 Å². The molecule has 0 radical (unpaired) electrons. The van der Waals surface area contributed by atoms with Crippen molar-refractivity contribution in [1.29, 1.82) is 0 Å². The molecule has 0 aliphatic carbocycles. The SMILES string of the molecule is CCCCNC(=O)c1c[nH]c2ccccc12. The molecule has 0 saturated heterocycles. The lowest BCUT2D eigenvalue weighted by Crippen LogP contribution is -2.23. The third kappa shape index (κ3) is 2.08.